The van der Waals surface area contributed by atoms with E-state index in [-0.39, 0.29) is 30.4 Å². The molecule has 0 heterocycles. The van der Waals surface area contributed by atoms with E-state index in [4.69, 9.17) is 5.11 Å². The van der Waals surface area contributed by atoms with Gasteiger partial charge in [-0.05, 0) is 25.7 Å². The molecular weight excluding hydrogens is 274 g/mol. The van der Waals surface area contributed by atoms with Crippen LogP contribution in [-0.4, -0.2) is 54.1 Å². The number of nitrogens with one attached hydrogen (secondary N) is 2. The standard InChI is InChI=1S/C14H25N3O4/c1-3-7-17(9-12(18)15-2)14(21)16-11-6-4-5-10(8-11)13(19)20/h10-11H,3-9H2,1-2H3,(H,15,18)(H,16,21)(H,19,20). The Balaban J connectivity index is 2.55. The van der Waals surface area contributed by atoms with E-state index in [2.05, 4.69) is 10.6 Å². The molecule has 7 heteroatoms. The van der Waals surface area contributed by atoms with Crippen molar-refractivity contribution in [2.75, 3.05) is 20.1 Å². The van der Waals surface area contributed by atoms with Gasteiger partial charge in [-0.25, -0.2) is 4.79 Å². The Labute approximate surface area is 125 Å². The number of hydrogen-bond donors (Lipinski definition) is 3. The van der Waals surface area contributed by atoms with Crippen LogP contribution in [0.4, 0.5) is 4.79 Å². The molecule has 0 aromatic carbocycles. The lowest BCUT2D eigenvalue weighted by molar-refractivity contribution is -0.143. The third-order valence-electron chi connectivity index (χ3n) is 3.75. The maximum absolute atomic E-state index is 12.2. The number of carboxylic acid groups (broad SMARTS) is 1. The van der Waals surface area contributed by atoms with Crippen LogP contribution in [0.1, 0.15) is 39.0 Å². The van der Waals surface area contributed by atoms with E-state index in [0.717, 1.165) is 19.3 Å². The highest BCUT2D eigenvalue weighted by atomic mass is 16.4. The Kier molecular flexibility index (Phi) is 6.98. The second-order valence-corrected chi connectivity index (χ2v) is 5.44. The van der Waals surface area contributed by atoms with Gasteiger partial charge in [-0.2, -0.15) is 0 Å². The second-order valence-electron chi connectivity index (χ2n) is 5.44. The number of aliphatic carboxylic acids is 1. The molecule has 1 saturated carbocycles. The van der Waals surface area contributed by atoms with Gasteiger partial charge in [0.1, 0.15) is 6.54 Å². The predicted molar refractivity (Wildman–Crippen MR) is 77.8 cm³/mol. The van der Waals surface area contributed by atoms with Gasteiger partial charge in [-0.1, -0.05) is 13.3 Å². The molecule has 0 aromatic rings. The Morgan fingerprint density at radius 1 is 1.29 bits per heavy atom. The average molecular weight is 299 g/mol. The highest BCUT2D eigenvalue weighted by molar-refractivity contribution is 5.84. The number of amides is 3. The van der Waals surface area contributed by atoms with Crippen molar-refractivity contribution in [1.82, 2.24) is 15.5 Å². The molecule has 120 valence electrons. The highest BCUT2D eigenvalue weighted by Crippen LogP contribution is 2.24. The van der Waals surface area contributed by atoms with Crippen LogP contribution in [0, 0.1) is 5.92 Å². The number of rotatable bonds is 6. The molecule has 0 saturated heterocycles. The summed E-state index contributed by atoms with van der Waals surface area (Å²) in [4.78, 5) is 36.1. The second kappa shape index (κ2) is 8.49. The summed E-state index contributed by atoms with van der Waals surface area (Å²) in [5, 5.41) is 14.4. The molecular formula is C14H25N3O4. The van der Waals surface area contributed by atoms with Crippen LogP contribution in [0.2, 0.25) is 0 Å². The van der Waals surface area contributed by atoms with Crippen LogP contribution >= 0.6 is 0 Å². The minimum absolute atomic E-state index is 0.0191. The molecule has 1 fully saturated rings. The van der Waals surface area contributed by atoms with Crippen molar-refractivity contribution >= 4 is 17.9 Å². The normalized spacial score (nSPS) is 21.4. The van der Waals surface area contributed by atoms with Gasteiger partial charge in [0.2, 0.25) is 5.91 Å². The van der Waals surface area contributed by atoms with Gasteiger partial charge in [0.25, 0.3) is 0 Å². The van der Waals surface area contributed by atoms with Crippen LogP contribution in [0.5, 0.6) is 0 Å². The highest BCUT2D eigenvalue weighted by Gasteiger charge is 2.29. The Morgan fingerprint density at radius 2 is 2.00 bits per heavy atom. The van der Waals surface area contributed by atoms with Gasteiger partial charge < -0.3 is 20.6 Å². The van der Waals surface area contributed by atoms with Gasteiger partial charge in [0, 0.05) is 19.6 Å². The van der Waals surface area contributed by atoms with E-state index in [1.165, 1.54) is 11.9 Å². The van der Waals surface area contributed by atoms with Crippen molar-refractivity contribution in [2.45, 2.75) is 45.1 Å². The lowest BCUT2D eigenvalue weighted by Gasteiger charge is -2.30. The zero-order valence-corrected chi connectivity index (χ0v) is 12.7. The summed E-state index contributed by atoms with van der Waals surface area (Å²) in [6.45, 7) is 2.45. The quantitative estimate of drug-likeness (QED) is 0.675. The number of hydrogen-bond acceptors (Lipinski definition) is 3. The summed E-state index contributed by atoms with van der Waals surface area (Å²) >= 11 is 0. The minimum atomic E-state index is -0.801. The van der Waals surface area contributed by atoms with Crippen molar-refractivity contribution in [1.29, 1.82) is 0 Å². The fourth-order valence-electron chi connectivity index (χ4n) is 2.59. The zero-order chi connectivity index (χ0) is 15.8. The SMILES string of the molecule is CCCN(CC(=O)NC)C(=O)NC1CCCC(C(=O)O)C1. The van der Waals surface area contributed by atoms with E-state index in [1.54, 1.807) is 0 Å². The number of urea groups is 1. The maximum atomic E-state index is 12.2. The lowest BCUT2D eigenvalue weighted by Crippen LogP contribution is -2.49. The van der Waals surface area contributed by atoms with Crippen molar-refractivity contribution < 1.29 is 19.5 Å². The summed E-state index contributed by atoms with van der Waals surface area (Å²) in [5.41, 5.74) is 0. The van der Waals surface area contributed by atoms with Crippen LogP contribution in [0.25, 0.3) is 0 Å². The molecule has 0 bridgehead atoms. The van der Waals surface area contributed by atoms with E-state index in [0.29, 0.717) is 19.4 Å². The number of nitrogens with zero attached hydrogens (tertiary/aromatic N) is 1. The molecule has 7 nitrogen and oxygen atoms in total. The van der Waals surface area contributed by atoms with Gasteiger partial charge in [0.05, 0.1) is 5.92 Å². The molecule has 0 spiro atoms. The molecule has 0 aliphatic heterocycles. The number of carbonyl (C=O) groups excluding carboxylic acids is 2. The van der Waals surface area contributed by atoms with E-state index in [9.17, 15) is 14.4 Å². The van der Waals surface area contributed by atoms with Gasteiger partial charge in [-0.3, -0.25) is 9.59 Å². The molecule has 2 atom stereocenters. The largest absolute Gasteiger partial charge is 0.481 e. The zero-order valence-electron chi connectivity index (χ0n) is 12.7. The van der Waals surface area contributed by atoms with Gasteiger partial charge in [-0.15, -0.1) is 0 Å². The van der Waals surface area contributed by atoms with Crippen LogP contribution in [0.15, 0.2) is 0 Å². The first-order chi connectivity index (χ1) is 9.97. The fourth-order valence-corrected chi connectivity index (χ4v) is 2.59. The smallest absolute Gasteiger partial charge is 0.318 e. The first-order valence-electron chi connectivity index (χ1n) is 7.46. The van der Waals surface area contributed by atoms with Crippen molar-refractivity contribution in [3.63, 3.8) is 0 Å². The third-order valence-corrected chi connectivity index (χ3v) is 3.75. The molecule has 0 aromatic heterocycles. The van der Waals surface area contributed by atoms with Crippen LogP contribution < -0.4 is 10.6 Å². The fraction of sp³-hybridized carbons (Fsp3) is 0.786. The number of carboxylic acids is 1. The Hall–Kier alpha value is -1.79. The average Bonchev–Trinajstić information content (AvgIpc) is 2.46. The van der Waals surface area contributed by atoms with Crippen LogP contribution in [-0.2, 0) is 9.59 Å². The first kappa shape index (κ1) is 17.3. The topological polar surface area (TPSA) is 98.7 Å². The Morgan fingerprint density at radius 3 is 2.57 bits per heavy atom. The number of likely N-dealkylation sites (N-methyl/N-ethyl adjacent to an activating group) is 1. The molecule has 3 amide bonds. The van der Waals surface area contributed by atoms with Crippen molar-refractivity contribution in [3.05, 3.63) is 0 Å². The molecule has 1 rings (SSSR count). The first-order valence-corrected chi connectivity index (χ1v) is 7.46. The summed E-state index contributed by atoms with van der Waals surface area (Å²) in [7, 11) is 1.53. The minimum Gasteiger partial charge on any atom is -0.481 e. The van der Waals surface area contributed by atoms with Crippen LogP contribution in [0.3, 0.4) is 0 Å². The summed E-state index contributed by atoms with van der Waals surface area (Å²) in [6, 6.07) is -0.423. The summed E-state index contributed by atoms with van der Waals surface area (Å²) < 4.78 is 0. The van der Waals surface area contributed by atoms with Gasteiger partial charge in [0.15, 0.2) is 0 Å². The van der Waals surface area contributed by atoms with Gasteiger partial charge >= 0.3 is 12.0 Å². The lowest BCUT2D eigenvalue weighted by atomic mass is 9.86. The molecule has 1 aliphatic carbocycles. The van der Waals surface area contributed by atoms with Crippen molar-refractivity contribution in [3.8, 4) is 0 Å². The summed E-state index contributed by atoms with van der Waals surface area (Å²) in [5.74, 6) is -1.40. The maximum Gasteiger partial charge on any atom is 0.318 e. The van der Waals surface area contributed by atoms with E-state index < -0.39 is 5.97 Å². The molecule has 21 heavy (non-hydrogen) atoms. The molecule has 3 N–H and O–H groups in total. The monoisotopic (exact) mass is 299 g/mol. The molecule has 0 radical (unpaired) electrons. The third kappa shape index (κ3) is 5.61. The predicted octanol–water partition coefficient (Wildman–Crippen LogP) is 0.797. The summed E-state index contributed by atoms with van der Waals surface area (Å²) in [6.07, 6.45) is 3.47. The number of carbonyl (C=O) groups is 3. The molecule has 2 unspecified atom stereocenters. The van der Waals surface area contributed by atoms with Crippen molar-refractivity contribution in [2.24, 2.45) is 5.92 Å². The Bertz CT molecular complexity index is 386. The molecule has 1 aliphatic rings. The van der Waals surface area contributed by atoms with E-state index in [1.807, 2.05) is 6.92 Å². The van der Waals surface area contributed by atoms with E-state index >= 15 is 0 Å².